The van der Waals surface area contributed by atoms with Crippen LogP contribution in [0, 0.1) is 0 Å². The highest BCUT2D eigenvalue weighted by Crippen LogP contribution is 2.31. The van der Waals surface area contributed by atoms with Crippen molar-refractivity contribution in [3.63, 3.8) is 0 Å². The van der Waals surface area contributed by atoms with Crippen molar-refractivity contribution in [1.82, 2.24) is 10.2 Å². The summed E-state index contributed by atoms with van der Waals surface area (Å²) in [6, 6.07) is 7.99. The highest BCUT2D eigenvalue weighted by molar-refractivity contribution is 6.17. The van der Waals surface area contributed by atoms with E-state index in [-0.39, 0.29) is 12.0 Å². The van der Waals surface area contributed by atoms with E-state index in [4.69, 9.17) is 20.8 Å². The number of rotatable bonds is 5. The molecule has 0 atom stereocenters. The van der Waals surface area contributed by atoms with Crippen LogP contribution >= 0.6 is 11.6 Å². The van der Waals surface area contributed by atoms with Crippen LogP contribution in [0.25, 0.3) is 0 Å². The average Bonchev–Trinajstić information content (AvgIpc) is 2.84. The van der Waals surface area contributed by atoms with Crippen LogP contribution in [0.15, 0.2) is 28.7 Å². The minimum absolute atomic E-state index is 0.0230. The monoisotopic (exact) mass is 294 g/mol. The van der Waals surface area contributed by atoms with Crippen LogP contribution in [-0.2, 0) is 18.4 Å². The summed E-state index contributed by atoms with van der Waals surface area (Å²) in [7, 11) is 0. The van der Waals surface area contributed by atoms with Crippen LogP contribution in [0.4, 0.5) is 0 Å². The number of aryl methyl sites for hydroxylation is 1. The number of alkyl halides is 1. The van der Waals surface area contributed by atoms with Gasteiger partial charge < -0.3 is 9.15 Å². The van der Waals surface area contributed by atoms with Crippen molar-refractivity contribution in [1.29, 1.82) is 0 Å². The standard InChI is InChI=1S/C15H19ClN2O2/c1-15(2,3)11-6-4-5-7-12(11)19-10-14-18-17-13(20-14)8-9-16/h4-7H,8-10H2,1-3H3. The molecular weight excluding hydrogens is 276 g/mol. The number of halogens is 1. The molecule has 1 aromatic carbocycles. The first-order valence-electron chi connectivity index (χ1n) is 6.60. The van der Waals surface area contributed by atoms with E-state index in [1.165, 1.54) is 0 Å². The molecule has 2 aromatic rings. The van der Waals surface area contributed by atoms with Gasteiger partial charge in [0.25, 0.3) is 5.89 Å². The lowest BCUT2D eigenvalue weighted by atomic mass is 9.86. The lowest BCUT2D eigenvalue weighted by Gasteiger charge is -2.22. The Labute approximate surface area is 124 Å². The van der Waals surface area contributed by atoms with Crippen molar-refractivity contribution in [2.75, 3.05) is 5.88 Å². The van der Waals surface area contributed by atoms with E-state index in [1.807, 2.05) is 18.2 Å². The minimum Gasteiger partial charge on any atom is -0.484 e. The first kappa shape index (κ1) is 14.9. The van der Waals surface area contributed by atoms with Gasteiger partial charge in [0.1, 0.15) is 5.75 Å². The molecule has 108 valence electrons. The Morgan fingerprint density at radius 1 is 1.15 bits per heavy atom. The van der Waals surface area contributed by atoms with Crippen LogP contribution < -0.4 is 4.74 Å². The molecule has 0 aliphatic rings. The number of benzene rings is 1. The first-order valence-corrected chi connectivity index (χ1v) is 7.13. The van der Waals surface area contributed by atoms with E-state index in [1.54, 1.807) is 0 Å². The van der Waals surface area contributed by atoms with Gasteiger partial charge in [-0.15, -0.1) is 21.8 Å². The Bertz CT molecular complexity index is 561. The molecule has 0 fully saturated rings. The largest absolute Gasteiger partial charge is 0.484 e. The molecule has 0 saturated heterocycles. The highest BCUT2D eigenvalue weighted by Gasteiger charge is 2.18. The summed E-state index contributed by atoms with van der Waals surface area (Å²) in [6.45, 7) is 6.73. The van der Waals surface area contributed by atoms with Crippen LogP contribution in [0.5, 0.6) is 5.75 Å². The molecule has 1 heterocycles. The Hall–Kier alpha value is -1.55. The van der Waals surface area contributed by atoms with Gasteiger partial charge in [-0.3, -0.25) is 0 Å². The van der Waals surface area contributed by atoms with Crippen molar-refractivity contribution < 1.29 is 9.15 Å². The third-order valence-corrected chi connectivity index (χ3v) is 3.05. The fourth-order valence-corrected chi connectivity index (χ4v) is 2.04. The summed E-state index contributed by atoms with van der Waals surface area (Å²) in [5.74, 6) is 2.32. The zero-order valence-electron chi connectivity index (χ0n) is 12.0. The van der Waals surface area contributed by atoms with Gasteiger partial charge in [0.15, 0.2) is 6.61 Å². The molecule has 0 saturated carbocycles. The smallest absolute Gasteiger partial charge is 0.253 e. The van der Waals surface area contributed by atoms with Gasteiger partial charge in [0.2, 0.25) is 5.89 Å². The molecule has 0 aliphatic carbocycles. The molecule has 2 rings (SSSR count). The van der Waals surface area contributed by atoms with Crippen molar-refractivity contribution >= 4 is 11.6 Å². The summed E-state index contributed by atoms with van der Waals surface area (Å²) in [6.07, 6.45) is 0.577. The quantitative estimate of drug-likeness (QED) is 0.788. The predicted octanol–water partition coefficient (Wildman–Crippen LogP) is 3.73. The van der Waals surface area contributed by atoms with Crippen LogP contribution in [0.3, 0.4) is 0 Å². The number of nitrogens with zero attached hydrogens (tertiary/aromatic N) is 2. The van der Waals surface area contributed by atoms with Gasteiger partial charge in [0.05, 0.1) is 0 Å². The normalized spacial score (nSPS) is 11.6. The molecule has 0 amide bonds. The van der Waals surface area contributed by atoms with E-state index >= 15 is 0 Å². The second-order valence-corrected chi connectivity index (χ2v) is 5.94. The predicted molar refractivity (Wildman–Crippen MR) is 78.2 cm³/mol. The second kappa shape index (κ2) is 6.27. The van der Waals surface area contributed by atoms with Crippen molar-refractivity contribution in [2.24, 2.45) is 0 Å². The first-order chi connectivity index (χ1) is 9.50. The zero-order valence-corrected chi connectivity index (χ0v) is 12.8. The van der Waals surface area contributed by atoms with Crippen molar-refractivity contribution in [2.45, 2.75) is 39.2 Å². The highest BCUT2D eigenvalue weighted by atomic mass is 35.5. The van der Waals surface area contributed by atoms with Gasteiger partial charge in [-0.25, -0.2) is 0 Å². The maximum Gasteiger partial charge on any atom is 0.253 e. The van der Waals surface area contributed by atoms with E-state index in [0.717, 1.165) is 11.3 Å². The van der Waals surface area contributed by atoms with E-state index < -0.39 is 0 Å². The van der Waals surface area contributed by atoms with E-state index in [0.29, 0.717) is 24.1 Å². The van der Waals surface area contributed by atoms with Crippen molar-refractivity contribution in [3.8, 4) is 5.75 Å². The second-order valence-electron chi connectivity index (χ2n) is 5.56. The minimum atomic E-state index is 0.0230. The van der Waals surface area contributed by atoms with Gasteiger partial charge in [-0.2, -0.15) is 0 Å². The molecule has 0 spiro atoms. The molecule has 20 heavy (non-hydrogen) atoms. The summed E-state index contributed by atoms with van der Waals surface area (Å²) in [5, 5.41) is 7.85. The molecule has 0 aliphatic heterocycles. The molecule has 4 nitrogen and oxygen atoms in total. The molecule has 0 unspecified atom stereocenters. The maximum atomic E-state index is 5.81. The Kier molecular flexibility index (Phi) is 4.65. The van der Waals surface area contributed by atoms with Gasteiger partial charge >= 0.3 is 0 Å². The van der Waals surface area contributed by atoms with Crippen molar-refractivity contribution in [3.05, 3.63) is 41.6 Å². The molecule has 5 heteroatoms. The Morgan fingerprint density at radius 3 is 2.55 bits per heavy atom. The third-order valence-electron chi connectivity index (χ3n) is 2.86. The summed E-state index contributed by atoms with van der Waals surface area (Å²) in [5.41, 5.74) is 1.18. The number of aromatic nitrogens is 2. The fourth-order valence-electron chi connectivity index (χ4n) is 1.88. The fraction of sp³-hybridized carbons (Fsp3) is 0.467. The van der Waals surface area contributed by atoms with E-state index in [9.17, 15) is 0 Å². The summed E-state index contributed by atoms with van der Waals surface area (Å²) >= 11 is 5.63. The summed E-state index contributed by atoms with van der Waals surface area (Å²) in [4.78, 5) is 0. The van der Waals surface area contributed by atoms with Crippen LogP contribution in [0.1, 0.15) is 38.1 Å². The van der Waals surface area contributed by atoms with Gasteiger partial charge in [-0.05, 0) is 17.0 Å². The number of ether oxygens (including phenoxy) is 1. The molecule has 0 N–H and O–H groups in total. The maximum absolute atomic E-state index is 5.81. The number of hydrogen-bond donors (Lipinski definition) is 0. The SMILES string of the molecule is CC(C)(C)c1ccccc1OCc1nnc(CCCl)o1. The number of para-hydroxylation sites is 1. The topological polar surface area (TPSA) is 48.2 Å². The van der Waals surface area contributed by atoms with Gasteiger partial charge in [0, 0.05) is 12.3 Å². The zero-order chi connectivity index (χ0) is 14.6. The average molecular weight is 295 g/mol. The van der Waals surface area contributed by atoms with Crippen LogP contribution in [-0.4, -0.2) is 16.1 Å². The Morgan fingerprint density at radius 2 is 1.85 bits per heavy atom. The molecular formula is C15H19ClN2O2. The lowest BCUT2D eigenvalue weighted by Crippen LogP contribution is -2.13. The van der Waals surface area contributed by atoms with E-state index in [2.05, 4.69) is 37.0 Å². The van der Waals surface area contributed by atoms with Crippen LogP contribution in [0.2, 0.25) is 0 Å². The molecule has 1 aromatic heterocycles. The Balaban J connectivity index is 2.07. The number of hydrogen-bond acceptors (Lipinski definition) is 4. The molecule has 0 radical (unpaired) electrons. The summed E-state index contributed by atoms with van der Waals surface area (Å²) < 4.78 is 11.3. The lowest BCUT2D eigenvalue weighted by molar-refractivity contribution is 0.254. The molecule has 0 bridgehead atoms. The third kappa shape index (κ3) is 3.73. The van der Waals surface area contributed by atoms with Gasteiger partial charge in [-0.1, -0.05) is 39.0 Å².